The quantitative estimate of drug-likeness (QED) is 0.721. The third-order valence-electron chi connectivity index (χ3n) is 3.60. The Bertz CT molecular complexity index is 294. The fourth-order valence-electron chi connectivity index (χ4n) is 2.92. The van der Waals surface area contributed by atoms with Crippen molar-refractivity contribution in [2.24, 2.45) is 0 Å². The summed E-state index contributed by atoms with van der Waals surface area (Å²) >= 11 is 0. The van der Waals surface area contributed by atoms with E-state index in [0.717, 1.165) is 25.7 Å². The molecule has 1 amide bonds. The van der Waals surface area contributed by atoms with Gasteiger partial charge in [0.1, 0.15) is 6.54 Å². The second-order valence-electron chi connectivity index (χ2n) is 4.80. The summed E-state index contributed by atoms with van der Waals surface area (Å²) < 4.78 is 0. The third-order valence-corrected chi connectivity index (χ3v) is 3.60. The normalized spacial score (nSPS) is 32.4. The molecule has 16 heavy (non-hydrogen) atoms. The van der Waals surface area contributed by atoms with Crippen molar-refractivity contribution in [1.29, 1.82) is 0 Å². The molecule has 0 aromatic carbocycles. The van der Waals surface area contributed by atoms with Crippen LogP contribution in [0.2, 0.25) is 0 Å². The molecule has 90 valence electrons. The lowest BCUT2D eigenvalue weighted by Crippen LogP contribution is -2.51. The van der Waals surface area contributed by atoms with Crippen LogP contribution in [-0.2, 0) is 9.59 Å². The first-order chi connectivity index (χ1) is 7.56. The Labute approximate surface area is 94.8 Å². The van der Waals surface area contributed by atoms with Gasteiger partial charge in [0.25, 0.3) is 0 Å². The van der Waals surface area contributed by atoms with Crippen molar-refractivity contribution in [1.82, 2.24) is 10.2 Å². The molecule has 0 aromatic rings. The number of carboxylic acids is 1. The molecule has 2 rings (SSSR count). The number of carbonyl (C=O) groups is 2. The van der Waals surface area contributed by atoms with Gasteiger partial charge in [-0.2, -0.15) is 0 Å². The van der Waals surface area contributed by atoms with Crippen molar-refractivity contribution >= 4 is 11.9 Å². The average Bonchev–Trinajstić information content (AvgIpc) is 2.53. The van der Waals surface area contributed by atoms with Gasteiger partial charge in [0.2, 0.25) is 5.91 Å². The first kappa shape index (κ1) is 11.4. The molecular weight excluding hydrogens is 208 g/mol. The highest BCUT2D eigenvalue weighted by molar-refractivity contribution is 5.79. The highest BCUT2D eigenvalue weighted by atomic mass is 16.4. The van der Waals surface area contributed by atoms with Gasteiger partial charge in [-0.25, -0.2) is 0 Å². The molecular formula is C11H18N2O3. The van der Waals surface area contributed by atoms with Crippen molar-refractivity contribution in [3.63, 3.8) is 0 Å². The van der Waals surface area contributed by atoms with Gasteiger partial charge in [-0.15, -0.1) is 0 Å². The van der Waals surface area contributed by atoms with Crippen LogP contribution in [0.25, 0.3) is 0 Å². The summed E-state index contributed by atoms with van der Waals surface area (Å²) in [6.45, 7) is 1.28. The number of fused-ring (bicyclic) bond motifs is 2. The zero-order valence-electron chi connectivity index (χ0n) is 9.48. The lowest BCUT2D eigenvalue weighted by molar-refractivity contribution is -0.145. The molecule has 5 heteroatoms. The minimum absolute atomic E-state index is 0.104. The molecule has 2 unspecified atom stereocenters. The van der Waals surface area contributed by atoms with E-state index in [-0.39, 0.29) is 18.5 Å². The number of piperidine rings is 1. The van der Waals surface area contributed by atoms with E-state index in [0.29, 0.717) is 12.1 Å². The Hall–Kier alpha value is -1.10. The van der Waals surface area contributed by atoms with E-state index in [1.165, 1.54) is 11.8 Å². The number of hydrogen-bond acceptors (Lipinski definition) is 3. The van der Waals surface area contributed by atoms with Gasteiger partial charge in [-0.1, -0.05) is 0 Å². The van der Waals surface area contributed by atoms with Gasteiger partial charge in [0, 0.05) is 25.0 Å². The minimum atomic E-state index is -0.930. The van der Waals surface area contributed by atoms with Gasteiger partial charge in [0.15, 0.2) is 0 Å². The number of nitrogens with one attached hydrogen (secondary N) is 1. The molecule has 2 saturated heterocycles. The van der Waals surface area contributed by atoms with Gasteiger partial charge in [-0.05, 0) is 25.7 Å². The summed E-state index contributed by atoms with van der Waals surface area (Å²) in [7, 11) is 0. The van der Waals surface area contributed by atoms with E-state index in [4.69, 9.17) is 5.11 Å². The Kier molecular flexibility index (Phi) is 3.14. The van der Waals surface area contributed by atoms with Crippen LogP contribution in [0.5, 0.6) is 0 Å². The molecule has 2 N–H and O–H groups in total. The third kappa shape index (κ3) is 2.35. The Morgan fingerprint density at radius 1 is 1.31 bits per heavy atom. The highest BCUT2D eigenvalue weighted by Gasteiger charge is 2.37. The number of hydrogen-bond donors (Lipinski definition) is 2. The molecule has 0 saturated carbocycles. The summed E-state index contributed by atoms with van der Waals surface area (Å²) in [5.41, 5.74) is 0. The fourth-order valence-corrected chi connectivity index (χ4v) is 2.92. The Morgan fingerprint density at radius 2 is 1.88 bits per heavy atom. The van der Waals surface area contributed by atoms with E-state index < -0.39 is 5.97 Å². The predicted molar refractivity (Wildman–Crippen MR) is 58.0 cm³/mol. The summed E-state index contributed by atoms with van der Waals surface area (Å²) in [5, 5.41) is 12.3. The Morgan fingerprint density at radius 3 is 2.31 bits per heavy atom. The van der Waals surface area contributed by atoms with Crippen molar-refractivity contribution in [3.8, 4) is 0 Å². The van der Waals surface area contributed by atoms with Crippen LogP contribution >= 0.6 is 0 Å². The van der Waals surface area contributed by atoms with Crippen LogP contribution in [0.15, 0.2) is 0 Å². The van der Waals surface area contributed by atoms with Crippen molar-refractivity contribution in [3.05, 3.63) is 0 Å². The largest absolute Gasteiger partial charge is 0.480 e. The van der Waals surface area contributed by atoms with E-state index >= 15 is 0 Å². The summed E-state index contributed by atoms with van der Waals surface area (Å²) in [4.78, 5) is 23.7. The van der Waals surface area contributed by atoms with E-state index in [1.807, 2.05) is 0 Å². The lowest BCUT2D eigenvalue weighted by atomic mass is 9.98. The number of nitrogens with zero attached hydrogens (tertiary/aromatic N) is 1. The van der Waals surface area contributed by atoms with E-state index in [2.05, 4.69) is 5.32 Å². The van der Waals surface area contributed by atoms with Crippen LogP contribution in [0.4, 0.5) is 0 Å². The molecule has 2 bridgehead atoms. The van der Waals surface area contributed by atoms with E-state index in [1.54, 1.807) is 0 Å². The SMILES string of the molecule is CC(=O)N(CC(=O)O)C1CC2CCC(C1)N2. The smallest absolute Gasteiger partial charge is 0.323 e. The monoisotopic (exact) mass is 226 g/mol. The minimum Gasteiger partial charge on any atom is -0.480 e. The van der Waals surface area contributed by atoms with Crippen molar-refractivity contribution in [2.75, 3.05) is 6.54 Å². The highest BCUT2D eigenvalue weighted by Crippen LogP contribution is 2.29. The Balaban J connectivity index is 2.02. The number of carbonyl (C=O) groups excluding carboxylic acids is 1. The molecule has 5 nitrogen and oxygen atoms in total. The van der Waals surface area contributed by atoms with E-state index in [9.17, 15) is 9.59 Å². The molecule has 0 spiro atoms. The first-order valence-electron chi connectivity index (χ1n) is 5.81. The number of amides is 1. The first-order valence-corrected chi connectivity index (χ1v) is 5.81. The van der Waals surface area contributed by atoms with Crippen LogP contribution < -0.4 is 5.32 Å². The summed E-state index contributed by atoms with van der Waals surface area (Å²) in [5.74, 6) is -1.06. The molecule has 2 aliphatic heterocycles. The van der Waals surface area contributed by atoms with Crippen molar-refractivity contribution in [2.45, 2.75) is 50.7 Å². The maximum Gasteiger partial charge on any atom is 0.323 e. The molecule has 0 radical (unpaired) electrons. The zero-order valence-corrected chi connectivity index (χ0v) is 9.48. The molecule has 2 aliphatic rings. The lowest BCUT2D eigenvalue weighted by Gasteiger charge is -2.36. The van der Waals surface area contributed by atoms with Crippen LogP contribution in [0, 0.1) is 0 Å². The topological polar surface area (TPSA) is 69.6 Å². The van der Waals surface area contributed by atoms with Crippen LogP contribution in [0.1, 0.15) is 32.6 Å². The number of rotatable bonds is 3. The molecule has 0 aliphatic carbocycles. The molecule has 2 fully saturated rings. The summed E-state index contributed by atoms with van der Waals surface area (Å²) in [6, 6.07) is 1.05. The average molecular weight is 226 g/mol. The second kappa shape index (κ2) is 4.41. The van der Waals surface area contributed by atoms with Gasteiger partial charge < -0.3 is 15.3 Å². The van der Waals surface area contributed by atoms with Crippen LogP contribution in [-0.4, -0.2) is 46.6 Å². The second-order valence-corrected chi connectivity index (χ2v) is 4.80. The number of carboxylic acid groups (broad SMARTS) is 1. The maximum absolute atomic E-state index is 11.5. The van der Waals surface area contributed by atoms with Gasteiger partial charge >= 0.3 is 5.97 Å². The predicted octanol–water partition coefficient (Wildman–Crippen LogP) is 0.203. The summed E-state index contributed by atoms with van der Waals surface area (Å²) in [6.07, 6.45) is 4.09. The standard InChI is InChI=1S/C11H18N2O3/c1-7(14)13(6-11(15)16)10-4-8-2-3-9(5-10)12-8/h8-10,12H,2-6H2,1H3,(H,15,16). The van der Waals surface area contributed by atoms with Gasteiger partial charge in [-0.3, -0.25) is 9.59 Å². The number of aliphatic carboxylic acids is 1. The van der Waals surface area contributed by atoms with Crippen LogP contribution in [0.3, 0.4) is 0 Å². The van der Waals surface area contributed by atoms with Gasteiger partial charge in [0.05, 0.1) is 0 Å². The molecule has 2 heterocycles. The maximum atomic E-state index is 11.5. The fraction of sp³-hybridized carbons (Fsp3) is 0.818. The van der Waals surface area contributed by atoms with Crippen molar-refractivity contribution < 1.29 is 14.7 Å². The molecule has 0 aromatic heterocycles. The zero-order chi connectivity index (χ0) is 11.7. The molecule has 2 atom stereocenters.